The van der Waals surface area contributed by atoms with Crippen LogP contribution < -0.4 is 15.2 Å². The van der Waals surface area contributed by atoms with Gasteiger partial charge >= 0.3 is 0 Å². The Morgan fingerprint density at radius 2 is 1.63 bits per heavy atom. The number of benzene rings is 2. The predicted octanol–water partition coefficient (Wildman–Crippen LogP) is 4.34. The first-order valence-electron chi connectivity index (χ1n) is 5.90. The molecule has 0 unspecified atom stereocenters. The van der Waals surface area contributed by atoms with Gasteiger partial charge in [-0.2, -0.15) is 0 Å². The number of rotatable bonds is 3. The van der Waals surface area contributed by atoms with Gasteiger partial charge in [-0.15, -0.1) is 0 Å². The molecule has 0 spiro atoms. The molecule has 2 N–H and O–H groups in total. The molecule has 3 nitrogen and oxygen atoms in total. The number of halogens is 1. The van der Waals surface area contributed by atoms with Crippen LogP contribution in [-0.4, -0.2) is 7.11 Å². The first-order valence-corrected chi connectivity index (χ1v) is 6.27. The van der Waals surface area contributed by atoms with Crippen molar-refractivity contribution in [3.63, 3.8) is 0 Å². The van der Waals surface area contributed by atoms with Crippen molar-refractivity contribution < 1.29 is 9.47 Å². The molecule has 2 rings (SSSR count). The van der Waals surface area contributed by atoms with Crippen LogP contribution in [0.25, 0.3) is 0 Å². The van der Waals surface area contributed by atoms with E-state index >= 15 is 0 Å². The monoisotopic (exact) mass is 277 g/mol. The van der Waals surface area contributed by atoms with E-state index in [-0.39, 0.29) is 0 Å². The molecule has 0 atom stereocenters. The van der Waals surface area contributed by atoms with Gasteiger partial charge in [-0.25, -0.2) is 0 Å². The average Bonchev–Trinajstić information content (AvgIpc) is 2.38. The van der Waals surface area contributed by atoms with Crippen molar-refractivity contribution in [3.8, 4) is 17.2 Å². The highest BCUT2D eigenvalue weighted by Gasteiger charge is 2.09. The van der Waals surface area contributed by atoms with Crippen LogP contribution in [0.4, 0.5) is 5.69 Å². The molecular weight excluding hydrogens is 262 g/mol. The van der Waals surface area contributed by atoms with Crippen molar-refractivity contribution in [1.29, 1.82) is 0 Å². The van der Waals surface area contributed by atoms with Crippen LogP contribution in [-0.2, 0) is 0 Å². The van der Waals surface area contributed by atoms with Crippen molar-refractivity contribution in [2.75, 3.05) is 12.8 Å². The molecule has 0 bridgehead atoms. The normalized spacial score (nSPS) is 10.3. The smallest absolute Gasteiger partial charge is 0.154 e. The van der Waals surface area contributed by atoms with Gasteiger partial charge in [0, 0.05) is 5.02 Å². The summed E-state index contributed by atoms with van der Waals surface area (Å²) in [5, 5.41) is 0.756. The van der Waals surface area contributed by atoms with Crippen LogP contribution in [0, 0.1) is 13.8 Å². The zero-order valence-electron chi connectivity index (χ0n) is 11.2. The largest absolute Gasteiger partial charge is 0.494 e. The fourth-order valence-electron chi connectivity index (χ4n) is 1.88. The van der Waals surface area contributed by atoms with Gasteiger partial charge < -0.3 is 15.2 Å². The van der Waals surface area contributed by atoms with E-state index in [0.717, 1.165) is 16.1 Å². The number of ether oxygens (including phenoxy) is 2. The summed E-state index contributed by atoms with van der Waals surface area (Å²) in [6, 6.07) is 9.19. The number of nitrogen functional groups attached to an aromatic ring is 1. The minimum Gasteiger partial charge on any atom is -0.494 e. The summed E-state index contributed by atoms with van der Waals surface area (Å²) in [5.41, 5.74) is 8.39. The van der Waals surface area contributed by atoms with Gasteiger partial charge in [0.05, 0.1) is 7.11 Å². The molecule has 0 aromatic heterocycles. The molecule has 0 aliphatic rings. The molecule has 0 aliphatic carbocycles. The van der Waals surface area contributed by atoms with Crippen LogP contribution in [0.3, 0.4) is 0 Å². The Hall–Kier alpha value is -1.87. The lowest BCUT2D eigenvalue weighted by atomic mass is 10.1. The number of nitrogens with two attached hydrogens (primary N) is 1. The second kappa shape index (κ2) is 5.41. The third kappa shape index (κ3) is 2.76. The van der Waals surface area contributed by atoms with Crippen LogP contribution in [0.5, 0.6) is 17.2 Å². The van der Waals surface area contributed by atoms with Crippen LogP contribution in [0.2, 0.25) is 5.02 Å². The summed E-state index contributed by atoms with van der Waals surface area (Å²) in [5.74, 6) is 1.87. The molecule has 0 heterocycles. The lowest BCUT2D eigenvalue weighted by Gasteiger charge is -2.13. The zero-order chi connectivity index (χ0) is 14.0. The molecule has 0 fully saturated rings. The molecule has 0 aliphatic heterocycles. The third-order valence-electron chi connectivity index (χ3n) is 2.88. The lowest BCUT2D eigenvalue weighted by molar-refractivity contribution is 0.412. The SMILES string of the molecule is COc1cccc(Oc2cc(C)c(Cl)c(C)c2)c1N. The highest BCUT2D eigenvalue weighted by Crippen LogP contribution is 2.35. The molecule has 2 aromatic carbocycles. The third-order valence-corrected chi connectivity index (χ3v) is 3.48. The van der Waals surface area contributed by atoms with E-state index in [2.05, 4.69) is 0 Å². The Balaban J connectivity index is 2.36. The standard InChI is InChI=1S/C15H16ClNO2/c1-9-7-11(8-10(2)14(9)16)19-13-6-4-5-12(18-3)15(13)17/h4-8H,17H2,1-3H3. The summed E-state index contributed by atoms with van der Waals surface area (Å²) >= 11 is 6.13. The van der Waals surface area contributed by atoms with Gasteiger partial charge in [0.2, 0.25) is 0 Å². The van der Waals surface area contributed by atoms with Crippen LogP contribution in [0.1, 0.15) is 11.1 Å². The minimum absolute atomic E-state index is 0.482. The lowest BCUT2D eigenvalue weighted by Crippen LogP contribution is -1.96. The summed E-state index contributed by atoms with van der Waals surface area (Å²) < 4.78 is 11.0. The second-order valence-electron chi connectivity index (χ2n) is 4.35. The molecule has 0 amide bonds. The van der Waals surface area contributed by atoms with Gasteiger partial charge in [0.15, 0.2) is 5.75 Å². The molecule has 0 radical (unpaired) electrons. The summed E-state index contributed by atoms with van der Waals surface area (Å²) in [4.78, 5) is 0. The summed E-state index contributed by atoms with van der Waals surface area (Å²) in [6.07, 6.45) is 0. The van der Waals surface area contributed by atoms with E-state index in [0.29, 0.717) is 22.9 Å². The Morgan fingerprint density at radius 1 is 1.05 bits per heavy atom. The summed E-state index contributed by atoms with van der Waals surface area (Å²) in [6.45, 7) is 3.88. The quantitative estimate of drug-likeness (QED) is 0.849. The molecule has 100 valence electrons. The molecule has 4 heteroatoms. The zero-order valence-corrected chi connectivity index (χ0v) is 11.9. The predicted molar refractivity (Wildman–Crippen MR) is 78.4 cm³/mol. The molecule has 2 aromatic rings. The Labute approximate surface area is 117 Å². The average molecular weight is 278 g/mol. The van der Waals surface area contributed by atoms with E-state index < -0.39 is 0 Å². The first-order chi connectivity index (χ1) is 9.02. The number of aryl methyl sites for hydroxylation is 2. The number of methoxy groups -OCH3 is 1. The maximum atomic E-state index is 6.13. The first kappa shape index (κ1) is 13.6. The summed E-state index contributed by atoms with van der Waals surface area (Å²) in [7, 11) is 1.58. The van der Waals surface area contributed by atoms with Crippen molar-refractivity contribution >= 4 is 17.3 Å². The fraction of sp³-hybridized carbons (Fsp3) is 0.200. The van der Waals surface area contributed by atoms with E-state index in [1.54, 1.807) is 19.2 Å². The molecular formula is C15H16ClNO2. The maximum Gasteiger partial charge on any atom is 0.154 e. The van der Waals surface area contributed by atoms with E-state index in [9.17, 15) is 0 Å². The highest BCUT2D eigenvalue weighted by molar-refractivity contribution is 6.32. The van der Waals surface area contributed by atoms with Crippen LogP contribution in [0.15, 0.2) is 30.3 Å². The van der Waals surface area contributed by atoms with Crippen molar-refractivity contribution in [2.45, 2.75) is 13.8 Å². The van der Waals surface area contributed by atoms with Crippen LogP contribution >= 0.6 is 11.6 Å². The van der Waals surface area contributed by atoms with Crippen molar-refractivity contribution in [1.82, 2.24) is 0 Å². The van der Waals surface area contributed by atoms with Crippen molar-refractivity contribution in [2.24, 2.45) is 0 Å². The highest BCUT2D eigenvalue weighted by atomic mass is 35.5. The molecule has 19 heavy (non-hydrogen) atoms. The molecule has 0 saturated heterocycles. The van der Waals surface area contributed by atoms with E-state index in [1.165, 1.54) is 0 Å². The second-order valence-corrected chi connectivity index (χ2v) is 4.72. The van der Waals surface area contributed by atoms with E-state index in [1.807, 2.05) is 32.0 Å². The van der Waals surface area contributed by atoms with Gasteiger partial charge in [-0.05, 0) is 49.2 Å². The number of para-hydroxylation sites is 1. The van der Waals surface area contributed by atoms with Crippen molar-refractivity contribution in [3.05, 3.63) is 46.5 Å². The fourth-order valence-corrected chi connectivity index (χ4v) is 1.99. The minimum atomic E-state index is 0.482. The van der Waals surface area contributed by atoms with Gasteiger partial charge in [-0.3, -0.25) is 0 Å². The number of hydrogen-bond acceptors (Lipinski definition) is 3. The topological polar surface area (TPSA) is 44.5 Å². The Bertz CT molecular complexity index is 588. The molecule has 0 saturated carbocycles. The van der Waals surface area contributed by atoms with Gasteiger partial charge in [0.25, 0.3) is 0 Å². The van der Waals surface area contributed by atoms with Gasteiger partial charge in [-0.1, -0.05) is 17.7 Å². The Morgan fingerprint density at radius 3 is 2.21 bits per heavy atom. The van der Waals surface area contributed by atoms with Gasteiger partial charge in [0.1, 0.15) is 17.2 Å². The van der Waals surface area contributed by atoms with E-state index in [4.69, 9.17) is 26.8 Å². The maximum absolute atomic E-state index is 6.13. The number of anilines is 1. The Kier molecular flexibility index (Phi) is 3.86. The number of hydrogen-bond donors (Lipinski definition) is 1.